The summed E-state index contributed by atoms with van der Waals surface area (Å²) in [5, 5.41) is 6.59. The molecule has 0 spiro atoms. The van der Waals surface area contributed by atoms with Gasteiger partial charge in [-0.3, -0.25) is 4.79 Å². The van der Waals surface area contributed by atoms with Gasteiger partial charge < -0.3 is 15.5 Å². The van der Waals surface area contributed by atoms with Crippen molar-refractivity contribution in [2.75, 3.05) is 33.7 Å². The summed E-state index contributed by atoms with van der Waals surface area (Å²) >= 11 is 0. The number of nitrogens with one attached hydrogen (secondary N) is 2. The Labute approximate surface area is 129 Å². The van der Waals surface area contributed by atoms with Gasteiger partial charge in [-0.25, -0.2) is 4.99 Å². The SMILES string of the molecule is CCNC(=NCC(=O)N(C)C)NCC1CCC(CC)CC1. The van der Waals surface area contributed by atoms with E-state index in [1.54, 1.807) is 19.0 Å². The van der Waals surface area contributed by atoms with Crippen LogP contribution in [0.1, 0.15) is 46.0 Å². The molecule has 5 nitrogen and oxygen atoms in total. The van der Waals surface area contributed by atoms with Crippen molar-refractivity contribution < 1.29 is 4.79 Å². The molecule has 0 heterocycles. The van der Waals surface area contributed by atoms with E-state index in [1.807, 2.05) is 6.92 Å². The molecule has 1 saturated carbocycles. The second kappa shape index (κ2) is 9.64. The van der Waals surface area contributed by atoms with E-state index in [2.05, 4.69) is 22.5 Å². The molecule has 0 aromatic carbocycles. The Hall–Kier alpha value is -1.26. The Morgan fingerprint density at radius 2 is 1.71 bits per heavy atom. The zero-order chi connectivity index (χ0) is 15.7. The highest BCUT2D eigenvalue weighted by Gasteiger charge is 2.19. The lowest BCUT2D eigenvalue weighted by atomic mass is 9.81. The van der Waals surface area contributed by atoms with E-state index in [1.165, 1.54) is 32.1 Å². The highest BCUT2D eigenvalue weighted by atomic mass is 16.2. The number of rotatable bonds is 6. The van der Waals surface area contributed by atoms with Crippen molar-refractivity contribution in [1.82, 2.24) is 15.5 Å². The maximum absolute atomic E-state index is 11.6. The molecule has 0 radical (unpaired) electrons. The smallest absolute Gasteiger partial charge is 0.243 e. The van der Waals surface area contributed by atoms with Gasteiger partial charge in [0, 0.05) is 27.2 Å². The predicted octanol–water partition coefficient (Wildman–Crippen LogP) is 1.85. The Morgan fingerprint density at radius 1 is 1.10 bits per heavy atom. The average molecular weight is 296 g/mol. The van der Waals surface area contributed by atoms with Crippen LogP contribution in [0, 0.1) is 11.8 Å². The van der Waals surface area contributed by atoms with Crippen molar-refractivity contribution in [1.29, 1.82) is 0 Å². The monoisotopic (exact) mass is 296 g/mol. The quantitative estimate of drug-likeness (QED) is 0.581. The van der Waals surface area contributed by atoms with E-state index in [9.17, 15) is 4.79 Å². The molecule has 1 aliphatic rings. The van der Waals surface area contributed by atoms with Crippen LogP contribution in [0.2, 0.25) is 0 Å². The molecular formula is C16H32N4O. The fourth-order valence-electron chi connectivity index (χ4n) is 2.71. The molecule has 1 aliphatic carbocycles. The number of likely N-dealkylation sites (N-methyl/N-ethyl adjacent to an activating group) is 1. The van der Waals surface area contributed by atoms with E-state index in [-0.39, 0.29) is 12.5 Å². The molecule has 0 aliphatic heterocycles. The molecule has 0 aromatic rings. The molecular weight excluding hydrogens is 264 g/mol. The van der Waals surface area contributed by atoms with Crippen LogP contribution in [0.25, 0.3) is 0 Å². The molecule has 122 valence electrons. The molecule has 0 unspecified atom stereocenters. The number of carbonyl (C=O) groups is 1. The van der Waals surface area contributed by atoms with Gasteiger partial charge >= 0.3 is 0 Å². The molecule has 1 rings (SSSR count). The molecule has 1 amide bonds. The van der Waals surface area contributed by atoms with Gasteiger partial charge in [0.05, 0.1) is 0 Å². The van der Waals surface area contributed by atoms with Crippen LogP contribution in [0.4, 0.5) is 0 Å². The first kappa shape index (κ1) is 17.8. The standard InChI is InChI=1S/C16H32N4O/c1-5-13-7-9-14(10-8-13)11-18-16(17-6-2)19-12-15(21)20(3)4/h13-14H,5-12H2,1-4H3,(H2,17,18,19). The van der Waals surface area contributed by atoms with Crippen LogP contribution < -0.4 is 10.6 Å². The Balaban J connectivity index is 2.37. The molecule has 0 aromatic heterocycles. The number of nitrogens with zero attached hydrogens (tertiary/aromatic N) is 2. The third-order valence-corrected chi connectivity index (χ3v) is 4.32. The fraction of sp³-hybridized carbons (Fsp3) is 0.875. The zero-order valence-electron chi connectivity index (χ0n) is 14.1. The highest BCUT2D eigenvalue weighted by molar-refractivity contribution is 5.84. The zero-order valence-corrected chi connectivity index (χ0v) is 14.1. The van der Waals surface area contributed by atoms with Crippen LogP contribution >= 0.6 is 0 Å². The predicted molar refractivity (Wildman–Crippen MR) is 88.4 cm³/mol. The number of carbonyl (C=O) groups excluding carboxylic acids is 1. The second-order valence-electron chi connectivity index (χ2n) is 6.16. The van der Waals surface area contributed by atoms with Crippen LogP contribution in [0.15, 0.2) is 4.99 Å². The summed E-state index contributed by atoms with van der Waals surface area (Å²) in [6, 6.07) is 0. The van der Waals surface area contributed by atoms with Crippen molar-refractivity contribution in [2.24, 2.45) is 16.8 Å². The van der Waals surface area contributed by atoms with Crippen molar-refractivity contribution in [2.45, 2.75) is 46.0 Å². The van der Waals surface area contributed by atoms with Gasteiger partial charge in [0.25, 0.3) is 0 Å². The van der Waals surface area contributed by atoms with Gasteiger partial charge in [0.15, 0.2) is 5.96 Å². The summed E-state index contributed by atoms with van der Waals surface area (Å²) in [4.78, 5) is 17.5. The molecule has 0 bridgehead atoms. The van der Waals surface area contributed by atoms with Crippen molar-refractivity contribution in [3.63, 3.8) is 0 Å². The minimum absolute atomic E-state index is 0.0238. The highest BCUT2D eigenvalue weighted by Crippen LogP contribution is 2.29. The van der Waals surface area contributed by atoms with Gasteiger partial charge in [0.2, 0.25) is 5.91 Å². The van der Waals surface area contributed by atoms with Gasteiger partial charge in [-0.15, -0.1) is 0 Å². The first-order chi connectivity index (χ1) is 10.1. The molecule has 1 fully saturated rings. The first-order valence-electron chi connectivity index (χ1n) is 8.29. The number of aliphatic imine (C=N–C) groups is 1. The van der Waals surface area contributed by atoms with Crippen LogP contribution in [0.5, 0.6) is 0 Å². The van der Waals surface area contributed by atoms with E-state index in [4.69, 9.17) is 0 Å². The Morgan fingerprint density at radius 3 is 2.24 bits per heavy atom. The lowest BCUT2D eigenvalue weighted by Crippen LogP contribution is -2.41. The lowest BCUT2D eigenvalue weighted by Gasteiger charge is -2.28. The minimum Gasteiger partial charge on any atom is -0.357 e. The van der Waals surface area contributed by atoms with Crippen molar-refractivity contribution in [3.05, 3.63) is 0 Å². The summed E-state index contributed by atoms with van der Waals surface area (Å²) < 4.78 is 0. The summed E-state index contributed by atoms with van der Waals surface area (Å²) in [7, 11) is 3.51. The van der Waals surface area contributed by atoms with Crippen molar-refractivity contribution in [3.8, 4) is 0 Å². The lowest BCUT2D eigenvalue weighted by molar-refractivity contribution is -0.127. The number of hydrogen-bond donors (Lipinski definition) is 2. The van der Waals surface area contributed by atoms with E-state index in [0.717, 1.165) is 30.9 Å². The number of hydrogen-bond acceptors (Lipinski definition) is 2. The van der Waals surface area contributed by atoms with E-state index >= 15 is 0 Å². The number of guanidine groups is 1. The van der Waals surface area contributed by atoms with E-state index in [0.29, 0.717) is 0 Å². The fourth-order valence-corrected chi connectivity index (χ4v) is 2.71. The summed E-state index contributed by atoms with van der Waals surface area (Å²) in [5.74, 6) is 2.45. The third-order valence-electron chi connectivity index (χ3n) is 4.32. The van der Waals surface area contributed by atoms with Gasteiger partial charge in [0.1, 0.15) is 6.54 Å². The van der Waals surface area contributed by atoms with E-state index < -0.39 is 0 Å². The third kappa shape index (κ3) is 6.82. The van der Waals surface area contributed by atoms with Crippen LogP contribution in [-0.4, -0.2) is 50.5 Å². The number of amides is 1. The molecule has 21 heavy (non-hydrogen) atoms. The van der Waals surface area contributed by atoms with Crippen LogP contribution in [0.3, 0.4) is 0 Å². The normalized spacial score (nSPS) is 22.8. The summed E-state index contributed by atoms with van der Waals surface area (Å²) in [6.45, 7) is 6.30. The summed E-state index contributed by atoms with van der Waals surface area (Å²) in [6.07, 6.45) is 6.64. The largest absolute Gasteiger partial charge is 0.357 e. The maximum atomic E-state index is 11.6. The molecule has 0 saturated heterocycles. The van der Waals surface area contributed by atoms with Crippen molar-refractivity contribution >= 4 is 11.9 Å². The molecule has 2 N–H and O–H groups in total. The average Bonchev–Trinajstić information content (AvgIpc) is 2.50. The Kier molecular flexibility index (Phi) is 8.16. The summed E-state index contributed by atoms with van der Waals surface area (Å²) in [5.41, 5.74) is 0. The van der Waals surface area contributed by atoms with Crippen LogP contribution in [-0.2, 0) is 4.79 Å². The van der Waals surface area contributed by atoms with Gasteiger partial charge in [-0.05, 0) is 31.6 Å². The second-order valence-corrected chi connectivity index (χ2v) is 6.16. The molecule has 5 heteroatoms. The maximum Gasteiger partial charge on any atom is 0.243 e. The minimum atomic E-state index is 0.0238. The van der Waals surface area contributed by atoms with Gasteiger partial charge in [-0.2, -0.15) is 0 Å². The molecule has 0 atom stereocenters. The topological polar surface area (TPSA) is 56.7 Å². The first-order valence-corrected chi connectivity index (χ1v) is 8.29. The van der Waals surface area contributed by atoms with Gasteiger partial charge in [-0.1, -0.05) is 26.2 Å². The Bertz CT molecular complexity index is 333.